The van der Waals surface area contributed by atoms with Crippen molar-refractivity contribution in [2.75, 3.05) is 45.5 Å². The van der Waals surface area contributed by atoms with Gasteiger partial charge in [0, 0.05) is 19.5 Å². The van der Waals surface area contributed by atoms with E-state index < -0.39 is 5.82 Å². The topological polar surface area (TPSA) is 91.5 Å². The zero-order chi connectivity index (χ0) is 19.4. The first-order valence-corrected chi connectivity index (χ1v) is 8.32. The fourth-order valence-electron chi connectivity index (χ4n) is 2.79. The lowest BCUT2D eigenvalue weighted by Crippen LogP contribution is -2.06. The normalized spacial score (nSPS) is 10.8. The first kappa shape index (κ1) is 18.7. The number of nitrogens with one attached hydrogen (secondary N) is 1. The maximum Gasteiger partial charge on any atom is 0.222 e. The maximum absolute atomic E-state index is 14.5. The highest BCUT2D eigenvalue weighted by atomic mass is 19.1. The Bertz CT molecular complexity index is 965. The number of rotatable bonds is 7. The molecule has 0 saturated carbocycles. The minimum atomic E-state index is -0.513. The minimum absolute atomic E-state index is 0.0553. The number of fused-ring (bicyclic) bond motifs is 1. The van der Waals surface area contributed by atoms with Crippen molar-refractivity contribution in [2.45, 2.75) is 0 Å². The zero-order valence-electron chi connectivity index (χ0n) is 15.4. The van der Waals surface area contributed by atoms with Crippen molar-refractivity contribution in [2.24, 2.45) is 0 Å². The van der Waals surface area contributed by atoms with Gasteiger partial charge < -0.3 is 25.3 Å². The number of benzene rings is 2. The summed E-state index contributed by atoms with van der Waals surface area (Å²) in [7, 11) is 4.73. The Labute approximate surface area is 156 Å². The Kier molecular flexibility index (Phi) is 5.56. The predicted molar refractivity (Wildman–Crippen MR) is 103 cm³/mol. The number of nitrogens with zero attached hydrogens (tertiary/aromatic N) is 2. The molecule has 0 spiro atoms. The third kappa shape index (κ3) is 3.85. The molecule has 1 aromatic heterocycles. The van der Waals surface area contributed by atoms with Crippen LogP contribution in [0.25, 0.3) is 22.0 Å². The van der Waals surface area contributed by atoms with E-state index in [1.165, 1.54) is 13.2 Å². The van der Waals surface area contributed by atoms with Crippen LogP contribution >= 0.6 is 0 Å². The number of hydrogen-bond donors (Lipinski definition) is 2. The fourth-order valence-corrected chi connectivity index (χ4v) is 2.79. The molecular formula is C19H21FN4O3. The van der Waals surface area contributed by atoms with Crippen molar-refractivity contribution in [3.63, 3.8) is 0 Å². The van der Waals surface area contributed by atoms with E-state index in [2.05, 4.69) is 15.3 Å². The van der Waals surface area contributed by atoms with Crippen LogP contribution < -0.4 is 20.5 Å². The molecule has 0 fully saturated rings. The third-order valence-corrected chi connectivity index (χ3v) is 4.04. The summed E-state index contributed by atoms with van der Waals surface area (Å²) in [6.45, 7) is 0.663. The van der Waals surface area contributed by atoms with Crippen LogP contribution in [-0.2, 0) is 4.74 Å². The summed E-state index contributed by atoms with van der Waals surface area (Å²) in [6, 6.07) is 8.68. The van der Waals surface area contributed by atoms with E-state index >= 15 is 0 Å². The van der Waals surface area contributed by atoms with Crippen LogP contribution in [0.2, 0.25) is 0 Å². The van der Waals surface area contributed by atoms with Crippen LogP contribution in [0.5, 0.6) is 11.5 Å². The summed E-state index contributed by atoms with van der Waals surface area (Å²) in [5.41, 5.74) is 7.82. The van der Waals surface area contributed by atoms with E-state index in [0.29, 0.717) is 29.3 Å². The molecule has 27 heavy (non-hydrogen) atoms. The second-order valence-electron chi connectivity index (χ2n) is 5.74. The zero-order valence-corrected chi connectivity index (χ0v) is 15.4. The molecule has 2 aromatic carbocycles. The van der Waals surface area contributed by atoms with Gasteiger partial charge in [-0.3, -0.25) is 0 Å². The standard InChI is InChI=1S/C19H21FN4O3/c1-22-18-13-5-4-11(9-15(13)23-19(21)24-18)12-8-14(20)17(26-3)16(10-12)27-7-6-25-2/h4-5,8-10H,6-7H2,1-3H3,(H3,21,22,23,24). The summed E-state index contributed by atoms with van der Waals surface area (Å²) in [5.74, 6) is 0.644. The molecule has 3 rings (SSSR count). The van der Waals surface area contributed by atoms with Crippen LogP contribution in [0.4, 0.5) is 16.2 Å². The molecule has 0 amide bonds. The number of hydrogen-bond acceptors (Lipinski definition) is 7. The van der Waals surface area contributed by atoms with Crippen molar-refractivity contribution in [3.05, 3.63) is 36.1 Å². The Morgan fingerprint density at radius 1 is 1.07 bits per heavy atom. The lowest BCUT2D eigenvalue weighted by molar-refractivity contribution is 0.143. The average molecular weight is 372 g/mol. The Morgan fingerprint density at radius 2 is 1.89 bits per heavy atom. The molecule has 3 aromatic rings. The van der Waals surface area contributed by atoms with Crippen LogP contribution in [0.15, 0.2) is 30.3 Å². The van der Waals surface area contributed by atoms with Gasteiger partial charge in [0.2, 0.25) is 5.95 Å². The molecule has 0 aliphatic rings. The summed E-state index contributed by atoms with van der Waals surface area (Å²) < 4.78 is 30.2. The summed E-state index contributed by atoms with van der Waals surface area (Å²) in [4.78, 5) is 8.43. The van der Waals surface area contributed by atoms with Crippen LogP contribution in [0.1, 0.15) is 0 Å². The summed E-state index contributed by atoms with van der Waals surface area (Å²) in [5, 5.41) is 3.81. The number of nitrogen functional groups attached to an aromatic ring is 1. The molecule has 0 aliphatic carbocycles. The molecule has 142 valence electrons. The second-order valence-corrected chi connectivity index (χ2v) is 5.74. The molecular weight excluding hydrogens is 351 g/mol. The van der Waals surface area contributed by atoms with Gasteiger partial charge in [0.15, 0.2) is 17.3 Å². The minimum Gasteiger partial charge on any atom is -0.490 e. The van der Waals surface area contributed by atoms with Crippen LogP contribution in [-0.4, -0.2) is 44.4 Å². The lowest BCUT2D eigenvalue weighted by Gasteiger charge is -2.14. The third-order valence-electron chi connectivity index (χ3n) is 4.04. The first-order valence-electron chi connectivity index (χ1n) is 8.32. The van der Waals surface area contributed by atoms with Gasteiger partial charge in [-0.2, -0.15) is 4.98 Å². The highest BCUT2D eigenvalue weighted by Crippen LogP contribution is 2.36. The Morgan fingerprint density at radius 3 is 2.59 bits per heavy atom. The molecule has 0 bridgehead atoms. The van der Waals surface area contributed by atoms with E-state index in [-0.39, 0.29) is 18.3 Å². The highest BCUT2D eigenvalue weighted by Gasteiger charge is 2.15. The number of methoxy groups -OCH3 is 2. The fraction of sp³-hybridized carbons (Fsp3) is 0.263. The van der Waals surface area contributed by atoms with E-state index in [1.54, 1.807) is 20.2 Å². The monoisotopic (exact) mass is 372 g/mol. The summed E-state index contributed by atoms with van der Waals surface area (Å²) in [6.07, 6.45) is 0. The SMILES string of the molecule is CNc1nc(N)nc2cc(-c3cc(F)c(OC)c(OCCOC)c3)ccc12. The number of anilines is 2. The van der Waals surface area contributed by atoms with Gasteiger partial charge in [-0.25, -0.2) is 9.37 Å². The molecule has 3 N–H and O–H groups in total. The van der Waals surface area contributed by atoms with Crippen molar-refractivity contribution < 1.29 is 18.6 Å². The van der Waals surface area contributed by atoms with Gasteiger partial charge >= 0.3 is 0 Å². The van der Waals surface area contributed by atoms with Gasteiger partial charge in [-0.05, 0) is 35.4 Å². The number of halogens is 1. The summed E-state index contributed by atoms with van der Waals surface area (Å²) >= 11 is 0. The number of ether oxygens (including phenoxy) is 3. The highest BCUT2D eigenvalue weighted by molar-refractivity contribution is 5.93. The quantitative estimate of drug-likeness (QED) is 0.616. The smallest absolute Gasteiger partial charge is 0.222 e. The number of aromatic nitrogens is 2. The van der Waals surface area contributed by atoms with Crippen LogP contribution in [0.3, 0.4) is 0 Å². The van der Waals surface area contributed by atoms with Gasteiger partial charge in [0.05, 0.1) is 19.2 Å². The second kappa shape index (κ2) is 8.05. The predicted octanol–water partition coefficient (Wildman–Crippen LogP) is 3.09. The average Bonchev–Trinajstić information content (AvgIpc) is 2.66. The van der Waals surface area contributed by atoms with Crippen molar-refractivity contribution in [1.29, 1.82) is 0 Å². The largest absolute Gasteiger partial charge is 0.490 e. The lowest BCUT2D eigenvalue weighted by atomic mass is 10.0. The molecule has 0 unspecified atom stereocenters. The Hall–Kier alpha value is -3.13. The van der Waals surface area contributed by atoms with Gasteiger partial charge in [-0.1, -0.05) is 6.07 Å². The van der Waals surface area contributed by atoms with Crippen molar-refractivity contribution >= 4 is 22.7 Å². The van der Waals surface area contributed by atoms with E-state index in [1.807, 2.05) is 18.2 Å². The molecule has 8 heteroatoms. The molecule has 0 saturated heterocycles. The molecule has 0 atom stereocenters. The molecule has 0 radical (unpaired) electrons. The van der Waals surface area contributed by atoms with Crippen molar-refractivity contribution in [3.8, 4) is 22.6 Å². The first-order chi connectivity index (χ1) is 13.1. The maximum atomic E-state index is 14.5. The molecule has 7 nitrogen and oxygen atoms in total. The van der Waals surface area contributed by atoms with Crippen molar-refractivity contribution in [1.82, 2.24) is 9.97 Å². The van der Waals surface area contributed by atoms with Crippen LogP contribution in [0, 0.1) is 5.82 Å². The Balaban J connectivity index is 2.07. The van der Waals surface area contributed by atoms with E-state index in [9.17, 15) is 4.39 Å². The molecule has 1 heterocycles. The van der Waals surface area contributed by atoms with Gasteiger partial charge in [0.1, 0.15) is 12.4 Å². The van der Waals surface area contributed by atoms with E-state index in [0.717, 1.165) is 10.9 Å². The number of nitrogens with two attached hydrogens (primary N) is 1. The van der Waals surface area contributed by atoms with E-state index in [4.69, 9.17) is 19.9 Å². The molecule has 0 aliphatic heterocycles. The van der Waals surface area contributed by atoms with Gasteiger partial charge in [0.25, 0.3) is 0 Å². The van der Waals surface area contributed by atoms with Gasteiger partial charge in [-0.15, -0.1) is 0 Å².